The number of sulfonamides is 1. The quantitative estimate of drug-likeness (QED) is 0.698. The third-order valence-corrected chi connectivity index (χ3v) is 8.39. The lowest BCUT2D eigenvalue weighted by Crippen LogP contribution is -2.23. The molecule has 2 aromatic carbocycles. The van der Waals surface area contributed by atoms with Gasteiger partial charge in [-0.3, -0.25) is 4.79 Å². The van der Waals surface area contributed by atoms with Gasteiger partial charge in [0.05, 0.1) is 10.7 Å². The average molecular weight is 439 g/mol. The molecule has 0 spiro atoms. The molecular formula is C20H23ClN2O3S2. The van der Waals surface area contributed by atoms with Gasteiger partial charge in [0.2, 0.25) is 10.0 Å². The van der Waals surface area contributed by atoms with E-state index in [1.165, 1.54) is 58.0 Å². The minimum absolute atomic E-state index is 0.0829. The lowest BCUT2D eigenvalue weighted by molar-refractivity contribution is 0.102. The zero-order chi connectivity index (χ0) is 20.3. The topological polar surface area (TPSA) is 66.5 Å². The monoisotopic (exact) mass is 438 g/mol. The number of carbonyl (C=O) groups is 1. The molecule has 0 heterocycles. The van der Waals surface area contributed by atoms with Gasteiger partial charge in [0.1, 0.15) is 4.90 Å². The van der Waals surface area contributed by atoms with Crippen molar-refractivity contribution >= 4 is 45.0 Å². The Morgan fingerprint density at radius 1 is 1.14 bits per heavy atom. The van der Waals surface area contributed by atoms with E-state index in [1.54, 1.807) is 11.8 Å². The van der Waals surface area contributed by atoms with Gasteiger partial charge in [-0.05, 0) is 43.2 Å². The summed E-state index contributed by atoms with van der Waals surface area (Å²) < 4.78 is 26.0. The lowest BCUT2D eigenvalue weighted by atomic mass is 10.2. The predicted molar refractivity (Wildman–Crippen MR) is 115 cm³/mol. The third kappa shape index (κ3) is 4.71. The Hall–Kier alpha value is -1.54. The van der Waals surface area contributed by atoms with Gasteiger partial charge >= 0.3 is 0 Å². The Balaban J connectivity index is 1.84. The summed E-state index contributed by atoms with van der Waals surface area (Å²) in [6, 6.07) is 12.0. The molecule has 0 bridgehead atoms. The van der Waals surface area contributed by atoms with Crippen LogP contribution in [0.25, 0.3) is 0 Å². The fourth-order valence-corrected chi connectivity index (χ4v) is 5.82. The van der Waals surface area contributed by atoms with Crippen LogP contribution < -0.4 is 5.32 Å². The Kier molecular flexibility index (Phi) is 6.70. The van der Waals surface area contributed by atoms with Crippen molar-refractivity contribution in [3.8, 4) is 0 Å². The van der Waals surface area contributed by atoms with Gasteiger partial charge < -0.3 is 5.32 Å². The van der Waals surface area contributed by atoms with E-state index in [4.69, 9.17) is 11.6 Å². The summed E-state index contributed by atoms with van der Waals surface area (Å²) >= 11 is 7.86. The maximum absolute atomic E-state index is 12.8. The molecule has 5 nitrogen and oxygen atoms in total. The highest BCUT2D eigenvalue weighted by molar-refractivity contribution is 8.00. The van der Waals surface area contributed by atoms with E-state index >= 15 is 0 Å². The Morgan fingerprint density at radius 2 is 1.82 bits per heavy atom. The number of hydrogen-bond donors (Lipinski definition) is 1. The smallest absolute Gasteiger partial charge is 0.255 e. The van der Waals surface area contributed by atoms with Crippen molar-refractivity contribution in [2.24, 2.45) is 0 Å². The van der Waals surface area contributed by atoms with Crippen LogP contribution in [0.2, 0.25) is 5.02 Å². The summed E-state index contributed by atoms with van der Waals surface area (Å²) in [5.74, 6) is -0.369. The van der Waals surface area contributed by atoms with E-state index < -0.39 is 10.0 Å². The Morgan fingerprint density at radius 3 is 2.50 bits per heavy atom. The summed E-state index contributed by atoms with van der Waals surface area (Å²) in [6.07, 6.45) is 4.88. The van der Waals surface area contributed by atoms with Crippen LogP contribution >= 0.6 is 23.4 Å². The highest BCUT2D eigenvalue weighted by atomic mass is 35.5. The fraction of sp³-hybridized carbons (Fsp3) is 0.350. The summed E-state index contributed by atoms with van der Waals surface area (Å²) in [5, 5.41) is 3.58. The van der Waals surface area contributed by atoms with Crippen LogP contribution in [0.4, 0.5) is 5.69 Å². The molecule has 1 saturated carbocycles. The number of thioether (sulfide) groups is 1. The van der Waals surface area contributed by atoms with Crippen molar-refractivity contribution in [2.75, 3.05) is 19.4 Å². The highest BCUT2D eigenvalue weighted by Crippen LogP contribution is 2.38. The summed E-state index contributed by atoms with van der Waals surface area (Å²) in [5.41, 5.74) is 0.974. The predicted octanol–water partition coefficient (Wildman–Crippen LogP) is 4.88. The van der Waals surface area contributed by atoms with Gasteiger partial charge in [0.25, 0.3) is 5.91 Å². The first-order valence-corrected chi connectivity index (χ1v) is 11.8. The van der Waals surface area contributed by atoms with E-state index in [0.717, 1.165) is 14.9 Å². The van der Waals surface area contributed by atoms with E-state index in [0.29, 0.717) is 5.25 Å². The SMILES string of the molecule is CN(C)S(=O)(=O)c1cc(C(=O)Nc2ccccc2SC2CCCC2)ccc1Cl. The molecule has 8 heteroatoms. The Labute approximate surface area is 175 Å². The van der Waals surface area contributed by atoms with Crippen LogP contribution in [-0.4, -0.2) is 38.0 Å². The van der Waals surface area contributed by atoms with Crippen molar-refractivity contribution < 1.29 is 13.2 Å². The largest absolute Gasteiger partial charge is 0.321 e. The molecule has 0 radical (unpaired) electrons. The molecule has 0 aromatic heterocycles. The number of carbonyl (C=O) groups excluding carboxylic acids is 1. The van der Waals surface area contributed by atoms with E-state index in [1.807, 2.05) is 24.3 Å². The van der Waals surface area contributed by atoms with Crippen molar-refractivity contribution in [3.63, 3.8) is 0 Å². The van der Waals surface area contributed by atoms with Gasteiger partial charge in [-0.1, -0.05) is 36.6 Å². The molecule has 28 heavy (non-hydrogen) atoms. The molecule has 1 fully saturated rings. The maximum Gasteiger partial charge on any atom is 0.255 e. The van der Waals surface area contributed by atoms with Gasteiger partial charge in [-0.25, -0.2) is 12.7 Å². The minimum Gasteiger partial charge on any atom is -0.321 e. The van der Waals surface area contributed by atoms with Crippen LogP contribution in [0.1, 0.15) is 36.0 Å². The number of para-hydroxylation sites is 1. The highest BCUT2D eigenvalue weighted by Gasteiger charge is 2.23. The van der Waals surface area contributed by atoms with Crippen molar-refractivity contribution in [3.05, 3.63) is 53.1 Å². The number of nitrogens with one attached hydrogen (secondary N) is 1. The minimum atomic E-state index is -3.74. The van der Waals surface area contributed by atoms with Gasteiger partial charge in [-0.2, -0.15) is 0 Å². The van der Waals surface area contributed by atoms with E-state index in [-0.39, 0.29) is 21.4 Å². The van der Waals surface area contributed by atoms with Crippen molar-refractivity contribution in [2.45, 2.75) is 40.7 Å². The zero-order valence-electron chi connectivity index (χ0n) is 15.8. The summed E-state index contributed by atoms with van der Waals surface area (Å²) in [7, 11) is -0.892. The van der Waals surface area contributed by atoms with Gasteiger partial charge in [-0.15, -0.1) is 11.8 Å². The van der Waals surface area contributed by atoms with Gasteiger partial charge in [0, 0.05) is 29.8 Å². The molecule has 0 unspecified atom stereocenters. The summed E-state index contributed by atoms with van der Waals surface area (Å²) in [4.78, 5) is 13.7. The standard InChI is InChI=1S/C20H23ClN2O3S2/c1-23(2)28(25,26)19-13-14(11-12-16(19)21)20(24)22-17-9-5-6-10-18(17)27-15-7-3-4-8-15/h5-6,9-13,15H,3-4,7-8H2,1-2H3,(H,22,24). The number of hydrogen-bond acceptors (Lipinski definition) is 4. The first-order chi connectivity index (χ1) is 13.3. The van der Waals surface area contributed by atoms with Crippen LogP contribution in [0, 0.1) is 0 Å². The van der Waals surface area contributed by atoms with Crippen LogP contribution in [-0.2, 0) is 10.0 Å². The molecule has 150 valence electrons. The molecule has 1 aliphatic rings. The zero-order valence-corrected chi connectivity index (χ0v) is 18.2. The average Bonchev–Trinajstić information content (AvgIpc) is 3.16. The second-order valence-electron chi connectivity index (χ2n) is 6.91. The normalized spacial score (nSPS) is 15.1. The lowest BCUT2D eigenvalue weighted by Gasteiger charge is -2.15. The maximum atomic E-state index is 12.8. The van der Waals surface area contributed by atoms with E-state index in [9.17, 15) is 13.2 Å². The molecule has 0 aliphatic heterocycles. The van der Waals surface area contributed by atoms with Crippen molar-refractivity contribution in [1.82, 2.24) is 4.31 Å². The number of amides is 1. The van der Waals surface area contributed by atoms with Crippen LogP contribution in [0.15, 0.2) is 52.3 Å². The van der Waals surface area contributed by atoms with Crippen LogP contribution in [0.5, 0.6) is 0 Å². The number of halogens is 1. The first-order valence-electron chi connectivity index (χ1n) is 9.08. The molecule has 1 N–H and O–H groups in total. The summed E-state index contributed by atoms with van der Waals surface area (Å²) in [6.45, 7) is 0. The molecule has 2 aromatic rings. The molecule has 0 atom stereocenters. The molecule has 1 amide bonds. The second-order valence-corrected chi connectivity index (χ2v) is 10.8. The number of benzene rings is 2. The fourth-order valence-electron chi connectivity index (χ4n) is 3.09. The molecule has 0 saturated heterocycles. The number of nitrogens with zero attached hydrogens (tertiary/aromatic N) is 1. The molecular weight excluding hydrogens is 416 g/mol. The van der Waals surface area contributed by atoms with Crippen molar-refractivity contribution in [1.29, 1.82) is 0 Å². The van der Waals surface area contributed by atoms with Crippen LogP contribution in [0.3, 0.4) is 0 Å². The first kappa shape index (κ1) is 21.2. The van der Waals surface area contributed by atoms with Gasteiger partial charge in [0.15, 0.2) is 0 Å². The molecule has 3 rings (SSSR count). The third-order valence-electron chi connectivity index (χ3n) is 4.68. The Bertz CT molecular complexity index is 971. The number of rotatable bonds is 6. The molecule has 1 aliphatic carbocycles. The second kappa shape index (κ2) is 8.86. The van der Waals surface area contributed by atoms with E-state index in [2.05, 4.69) is 5.32 Å². The number of anilines is 1.